The summed E-state index contributed by atoms with van der Waals surface area (Å²) in [6.07, 6.45) is 2.41. The van der Waals surface area contributed by atoms with E-state index in [2.05, 4.69) is 17.1 Å². The van der Waals surface area contributed by atoms with Crippen LogP contribution in [0.25, 0.3) is 11.5 Å². The number of likely N-dealkylation sites (tertiary alicyclic amines) is 1. The average Bonchev–Trinajstić information content (AvgIpc) is 3.42. The topological polar surface area (TPSA) is 64.8 Å². The Balaban J connectivity index is 1.29. The molecule has 168 valence electrons. The third-order valence-electron chi connectivity index (χ3n) is 5.76. The number of hydrogen-bond acceptors (Lipinski definition) is 5. The second-order valence-corrected chi connectivity index (χ2v) is 8.14. The zero-order chi connectivity index (χ0) is 22.3. The van der Waals surface area contributed by atoms with Crippen molar-refractivity contribution in [2.24, 2.45) is 5.92 Å². The summed E-state index contributed by atoms with van der Waals surface area (Å²) >= 11 is 0. The van der Waals surface area contributed by atoms with E-state index in [1.165, 1.54) is 5.56 Å². The largest absolute Gasteiger partial charge is 0.493 e. The van der Waals surface area contributed by atoms with Crippen molar-refractivity contribution in [3.8, 4) is 17.2 Å². The van der Waals surface area contributed by atoms with Crippen molar-refractivity contribution in [3.05, 3.63) is 71.6 Å². The van der Waals surface area contributed by atoms with Crippen LogP contribution in [0.4, 0.5) is 4.79 Å². The molecule has 0 N–H and O–H groups in total. The number of carbonyl (C=O) groups is 1. The lowest BCUT2D eigenvalue weighted by molar-refractivity contribution is 0.114. The summed E-state index contributed by atoms with van der Waals surface area (Å²) in [5.41, 5.74) is 3.12. The van der Waals surface area contributed by atoms with Crippen molar-refractivity contribution in [3.63, 3.8) is 0 Å². The van der Waals surface area contributed by atoms with Crippen LogP contribution in [-0.4, -0.2) is 42.3 Å². The van der Waals surface area contributed by atoms with Gasteiger partial charge in [-0.05, 0) is 62.4 Å². The maximum atomic E-state index is 11.9. The molecular formula is C26H30N2O4. The third-order valence-corrected chi connectivity index (χ3v) is 5.76. The van der Waals surface area contributed by atoms with Gasteiger partial charge in [0.25, 0.3) is 0 Å². The van der Waals surface area contributed by atoms with Crippen LogP contribution in [-0.2, 0) is 17.6 Å². The zero-order valence-corrected chi connectivity index (χ0v) is 18.8. The number of aromatic nitrogens is 1. The maximum absolute atomic E-state index is 11.9. The fourth-order valence-electron chi connectivity index (χ4n) is 4.11. The molecule has 2 aromatic carbocycles. The predicted molar refractivity (Wildman–Crippen MR) is 123 cm³/mol. The van der Waals surface area contributed by atoms with Crippen LogP contribution in [0.2, 0.25) is 0 Å². The monoisotopic (exact) mass is 434 g/mol. The Kier molecular flexibility index (Phi) is 7.10. The summed E-state index contributed by atoms with van der Waals surface area (Å²) in [6.45, 7) is 6.24. The van der Waals surface area contributed by atoms with Gasteiger partial charge in [-0.3, -0.25) is 0 Å². The Morgan fingerprint density at radius 3 is 2.84 bits per heavy atom. The molecule has 0 unspecified atom stereocenters. The number of benzene rings is 2. The average molecular weight is 435 g/mol. The van der Waals surface area contributed by atoms with E-state index in [1.807, 2.05) is 56.3 Å². The van der Waals surface area contributed by atoms with Crippen LogP contribution in [0.5, 0.6) is 5.75 Å². The lowest BCUT2D eigenvalue weighted by atomic mass is 9.98. The van der Waals surface area contributed by atoms with Crippen LogP contribution in [0.3, 0.4) is 0 Å². The van der Waals surface area contributed by atoms with Crippen LogP contribution in [0.1, 0.15) is 30.4 Å². The number of aryl methyl sites for hydroxylation is 1. The first-order valence-electron chi connectivity index (χ1n) is 11.3. The van der Waals surface area contributed by atoms with Crippen molar-refractivity contribution in [2.75, 3.05) is 26.3 Å². The van der Waals surface area contributed by atoms with Crippen molar-refractivity contribution in [2.45, 2.75) is 33.1 Å². The summed E-state index contributed by atoms with van der Waals surface area (Å²) in [4.78, 5) is 18.4. The molecule has 1 fully saturated rings. The molecule has 0 bridgehead atoms. The first-order valence-corrected chi connectivity index (χ1v) is 11.3. The Bertz CT molecular complexity index is 1030. The standard InChI is InChI=1S/C26H30N2O4/c1-3-30-26(29)28-14-12-21(18-28)16-20-8-7-11-23(17-20)31-15-13-24-19(2)32-25(27-24)22-9-5-4-6-10-22/h4-11,17,21H,3,12-16,18H2,1-2H3/t21-/m0/s1. The van der Waals surface area contributed by atoms with Crippen molar-refractivity contribution < 1.29 is 18.7 Å². The molecule has 2 heterocycles. The molecule has 0 spiro atoms. The van der Waals surface area contributed by atoms with Gasteiger partial charge in [-0.2, -0.15) is 0 Å². The maximum Gasteiger partial charge on any atom is 0.409 e. The van der Waals surface area contributed by atoms with Gasteiger partial charge < -0.3 is 18.8 Å². The summed E-state index contributed by atoms with van der Waals surface area (Å²) in [5, 5.41) is 0. The molecule has 1 atom stereocenters. The summed E-state index contributed by atoms with van der Waals surface area (Å²) in [6, 6.07) is 18.1. The zero-order valence-electron chi connectivity index (χ0n) is 18.8. The van der Waals surface area contributed by atoms with Crippen molar-refractivity contribution in [1.82, 2.24) is 9.88 Å². The number of ether oxygens (including phenoxy) is 2. The molecule has 6 heteroatoms. The minimum absolute atomic E-state index is 0.203. The number of rotatable bonds is 8. The molecule has 1 amide bonds. The molecule has 1 aliphatic rings. The highest BCUT2D eigenvalue weighted by Gasteiger charge is 2.27. The lowest BCUT2D eigenvalue weighted by Crippen LogP contribution is -2.29. The van der Waals surface area contributed by atoms with Gasteiger partial charge in [0.1, 0.15) is 11.5 Å². The molecule has 0 radical (unpaired) electrons. The van der Waals surface area contributed by atoms with Crippen LogP contribution in [0, 0.1) is 12.8 Å². The van der Waals surface area contributed by atoms with E-state index < -0.39 is 0 Å². The molecule has 3 aromatic rings. The highest BCUT2D eigenvalue weighted by molar-refractivity contribution is 5.67. The second-order valence-electron chi connectivity index (χ2n) is 8.14. The fraction of sp³-hybridized carbons (Fsp3) is 0.385. The van der Waals surface area contributed by atoms with Crippen LogP contribution in [0.15, 0.2) is 59.0 Å². The van der Waals surface area contributed by atoms with E-state index in [9.17, 15) is 4.79 Å². The van der Waals surface area contributed by atoms with Crippen LogP contribution >= 0.6 is 0 Å². The molecule has 4 rings (SSSR count). The van der Waals surface area contributed by atoms with E-state index in [4.69, 9.17) is 13.9 Å². The molecule has 0 saturated carbocycles. The molecule has 1 aromatic heterocycles. The number of carbonyl (C=O) groups excluding carboxylic acids is 1. The van der Waals surface area contributed by atoms with Gasteiger partial charge in [-0.25, -0.2) is 9.78 Å². The van der Waals surface area contributed by atoms with E-state index in [0.29, 0.717) is 31.4 Å². The molecule has 1 aliphatic heterocycles. The summed E-state index contributed by atoms with van der Waals surface area (Å²) in [5.74, 6) is 2.78. The summed E-state index contributed by atoms with van der Waals surface area (Å²) in [7, 11) is 0. The van der Waals surface area contributed by atoms with Gasteiger partial charge in [0.2, 0.25) is 5.89 Å². The van der Waals surface area contributed by atoms with Gasteiger partial charge >= 0.3 is 6.09 Å². The second kappa shape index (κ2) is 10.4. The number of nitrogens with zero attached hydrogens (tertiary/aromatic N) is 2. The van der Waals surface area contributed by atoms with Gasteiger partial charge in [0.15, 0.2) is 0 Å². The molecule has 32 heavy (non-hydrogen) atoms. The Hall–Kier alpha value is -3.28. The molecule has 6 nitrogen and oxygen atoms in total. The lowest BCUT2D eigenvalue weighted by Gasteiger charge is -2.16. The minimum Gasteiger partial charge on any atom is -0.493 e. The first kappa shape index (κ1) is 21.9. The highest BCUT2D eigenvalue weighted by Crippen LogP contribution is 2.24. The Morgan fingerprint density at radius 2 is 2.03 bits per heavy atom. The molecular weight excluding hydrogens is 404 g/mol. The van der Waals surface area contributed by atoms with E-state index in [1.54, 1.807) is 4.90 Å². The van der Waals surface area contributed by atoms with Crippen LogP contribution < -0.4 is 4.74 Å². The van der Waals surface area contributed by atoms with E-state index in [0.717, 1.165) is 48.7 Å². The minimum atomic E-state index is -0.203. The number of amides is 1. The number of hydrogen-bond donors (Lipinski definition) is 0. The van der Waals surface area contributed by atoms with E-state index >= 15 is 0 Å². The van der Waals surface area contributed by atoms with Crippen molar-refractivity contribution >= 4 is 6.09 Å². The van der Waals surface area contributed by atoms with Gasteiger partial charge in [-0.1, -0.05) is 30.3 Å². The third kappa shape index (κ3) is 5.49. The normalized spacial score (nSPS) is 15.7. The fourth-order valence-corrected chi connectivity index (χ4v) is 4.11. The molecule has 0 aliphatic carbocycles. The van der Waals surface area contributed by atoms with E-state index in [-0.39, 0.29) is 6.09 Å². The van der Waals surface area contributed by atoms with Crippen molar-refractivity contribution in [1.29, 1.82) is 0 Å². The smallest absolute Gasteiger partial charge is 0.409 e. The van der Waals surface area contributed by atoms with Gasteiger partial charge in [-0.15, -0.1) is 0 Å². The SMILES string of the molecule is CCOC(=O)N1CC[C@@H](Cc2cccc(OCCc3nc(-c4ccccc4)oc3C)c2)C1. The highest BCUT2D eigenvalue weighted by atomic mass is 16.6. The van der Waals surface area contributed by atoms with Gasteiger partial charge in [0.05, 0.1) is 18.9 Å². The Morgan fingerprint density at radius 1 is 1.19 bits per heavy atom. The predicted octanol–water partition coefficient (Wildman–Crippen LogP) is 5.29. The number of oxazole rings is 1. The summed E-state index contributed by atoms with van der Waals surface area (Å²) < 4.78 is 17.0. The quantitative estimate of drug-likeness (QED) is 0.482. The Labute approximate surface area is 189 Å². The van der Waals surface area contributed by atoms with Gasteiger partial charge in [0, 0.05) is 25.1 Å². The first-order chi connectivity index (χ1) is 15.6. The molecule has 1 saturated heterocycles.